The minimum Gasteiger partial charge on any atom is -0.558 e. The van der Waals surface area contributed by atoms with E-state index in [1.54, 1.807) is 0 Å². The summed E-state index contributed by atoms with van der Waals surface area (Å²) in [7, 11) is 0. The number of nitrogens with zero attached hydrogens (tertiary/aromatic N) is 1. The normalized spacial score (nSPS) is 24.4. The lowest BCUT2D eigenvalue weighted by Crippen LogP contribution is -2.51. The third-order valence-corrected chi connectivity index (χ3v) is 6.11. The predicted molar refractivity (Wildman–Crippen MR) is 105 cm³/mol. The first-order chi connectivity index (χ1) is 11.8. The molecule has 140 valence electrons. The van der Waals surface area contributed by atoms with Crippen molar-refractivity contribution in [2.45, 2.75) is 65.0 Å². The second-order valence-corrected chi connectivity index (χ2v) is 8.46. The van der Waals surface area contributed by atoms with E-state index in [4.69, 9.17) is 14.0 Å². The first-order valence-corrected chi connectivity index (χ1v) is 9.79. The van der Waals surface area contributed by atoms with Gasteiger partial charge in [0.2, 0.25) is 0 Å². The molecule has 3 rings (SSSR count). The second-order valence-electron chi connectivity index (χ2n) is 8.46. The Hall–Kier alpha value is -1.04. The number of unbranched alkanes of at least 4 members (excludes halogenated alkanes) is 1. The van der Waals surface area contributed by atoms with Crippen LogP contribution in [-0.2, 0) is 14.0 Å². The van der Waals surface area contributed by atoms with Crippen molar-refractivity contribution in [3.05, 3.63) is 24.3 Å². The molecular formula is C20H33BNO3-. The van der Waals surface area contributed by atoms with Crippen LogP contribution < -0.4 is 10.4 Å². The Morgan fingerprint density at radius 1 is 1.04 bits per heavy atom. The molecule has 0 aliphatic carbocycles. The van der Waals surface area contributed by atoms with Crippen molar-refractivity contribution in [1.82, 2.24) is 0 Å². The highest BCUT2D eigenvalue weighted by molar-refractivity contribution is 6.81. The van der Waals surface area contributed by atoms with Crippen molar-refractivity contribution < 1.29 is 14.0 Å². The molecule has 0 aromatic heterocycles. The maximum Gasteiger partial charge on any atom is 0.270 e. The fourth-order valence-corrected chi connectivity index (χ4v) is 3.97. The van der Waals surface area contributed by atoms with E-state index < -0.39 is 6.55 Å². The van der Waals surface area contributed by atoms with Gasteiger partial charge in [-0.2, -0.15) is 5.46 Å². The van der Waals surface area contributed by atoms with Crippen LogP contribution in [0, 0.1) is 0 Å². The zero-order valence-corrected chi connectivity index (χ0v) is 16.5. The van der Waals surface area contributed by atoms with Gasteiger partial charge in [0, 0.05) is 30.0 Å². The number of anilines is 1. The van der Waals surface area contributed by atoms with E-state index in [9.17, 15) is 0 Å². The maximum absolute atomic E-state index is 6.68. The summed E-state index contributed by atoms with van der Waals surface area (Å²) in [4.78, 5) is 2.39. The quantitative estimate of drug-likeness (QED) is 0.763. The van der Waals surface area contributed by atoms with E-state index >= 15 is 0 Å². The van der Waals surface area contributed by atoms with Gasteiger partial charge in [-0.15, -0.1) is 6.32 Å². The van der Waals surface area contributed by atoms with Gasteiger partial charge >= 0.3 is 0 Å². The largest absolute Gasteiger partial charge is 0.558 e. The Kier molecular flexibility index (Phi) is 5.20. The lowest BCUT2D eigenvalue weighted by Gasteiger charge is -2.39. The minimum absolute atomic E-state index is 0.310. The van der Waals surface area contributed by atoms with E-state index in [2.05, 4.69) is 63.8 Å². The molecule has 2 heterocycles. The van der Waals surface area contributed by atoms with Gasteiger partial charge in [0.25, 0.3) is 6.55 Å². The first-order valence-electron chi connectivity index (χ1n) is 9.79. The summed E-state index contributed by atoms with van der Waals surface area (Å²) in [5, 5.41) is 0. The average Bonchev–Trinajstić information content (AvgIpc) is 2.79. The summed E-state index contributed by atoms with van der Waals surface area (Å²) in [5.74, 6) is 0. The summed E-state index contributed by atoms with van der Waals surface area (Å²) in [6.45, 7) is 12.8. The average molecular weight is 346 g/mol. The van der Waals surface area contributed by atoms with Crippen molar-refractivity contribution in [3.8, 4) is 0 Å². The molecule has 0 N–H and O–H groups in total. The number of hydrogen-bond donors (Lipinski definition) is 0. The summed E-state index contributed by atoms with van der Waals surface area (Å²) < 4.78 is 18.9. The zero-order valence-electron chi connectivity index (χ0n) is 16.5. The van der Waals surface area contributed by atoms with E-state index in [0.717, 1.165) is 45.5 Å². The fourth-order valence-electron chi connectivity index (χ4n) is 3.97. The Morgan fingerprint density at radius 2 is 1.68 bits per heavy atom. The van der Waals surface area contributed by atoms with Crippen LogP contribution in [0.5, 0.6) is 0 Å². The molecule has 2 aliphatic heterocycles. The smallest absolute Gasteiger partial charge is 0.270 e. The van der Waals surface area contributed by atoms with E-state index in [1.165, 1.54) is 11.2 Å². The minimum atomic E-state index is -1.47. The molecule has 2 saturated heterocycles. The third-order valence-electron chi connectivity index (χ3n) is 6.11. The number of benzene rings is 1. The molecule has 1 aromatic carbocycles. The molecule has 0 spiro atoms. The molecule has 0 bridgehead atoms. The SMILES string of the molecule is CCCC[B-]1(c2cccc(N3CCOCC3)c2)OC(C)(C)C(C)(C)O1. The highest BCUT2D eigenvalue weighted by Gasteiger charge is 2.51. The van der Waals surface area contributed by atoms with Crippen LogP contribution in [0.2, 0.25) is 6.32 Å². The molecule has 0 saturated carbocycles. The third kappa shape index (κ3) is 3.60. The van der Waals surface area contributed by atoms with Crippen LogP contribution in [0.15, 0.2) is 24.3 Å². The predicted octanol–water partition coefficient (Wildman–Crippen LogP) is 3.58. The van der Waals surface area contributed by atoms with Gasteiger partial charge in [-0.05, 0) is 33.8 Å². The number of hydrogen-bond acceptors (Lipinski definition) is 4. The first kappa shape index (κ1) is 18.7. The summed E-state index contributed by atoms with van der Waals surface area (Å²) >= 11 is 0. The Morgan fingerprint density at radius 3 is 2.28 bits per heavy atom. The summed E-state index contributed by atoms with van der Waals surface area (Å²) in [6, 6.07) is 8.78. The Balaban J connectivity index is 1.94. The Labute approximate surface area is 152 Å². The molecule has 0 unspecified atom stereocenters. The molecular weight excluding hydrogens is 313 g/mol. The van der Waals surface area contributed by atoms with Crippen molar-refractivity contribution in [1.29, 1.82) is 0 Å². The van der Waals surface area contributed by atoms with Crippen LogP contribution in [0.4, 0.5) is 5.69 Å². The standard InChI is InChI=1S/C20H33BNO3/c1-6-7-11-21(24-19(2,3)20(4,5)25-21)17-9-8-10-18(16-17)22-12-14-23-15-13-22/h8-10,16H,6-7,11-15H2,1-5H3/q-1. The number of morpholine rings is 1. The highest BCUT2D eigenvalue weighted by atomic mass is 16.7. The number of ether oxygens (including phenoxy) is 1. The second kappa shape index (κ2) is 6.94. The van der Waals surface area contributed by atoms with Crippen LogP contribution in [0.25, 0.3) is 0 Å². The molecule has 25 heavy (non-hydrogen) atoms. The van der Waals surface area contributed by atoms with Crippen LogP contribution in [0.3, 0.4) is 0 Å². The van der Waals surface area contributed by atoms with E-state index in [0.29, 0.717) is 0 Å². The van der Waals surface area contributed by atoms with Gasteiger partial charge in [0.05, 0.1) is 13.2 Å². The van der Waals surface area contributed by atoms with E-state index in [-0.39, 0.29) is 11.2 Å². The highest BCUT2D eigenvalue weighted by Crippen LogP contribution is 2.43. The van der Waals surface area contributed by atoms with Gasteiger partial charge < -0.3 is 18.9 Å². The lowest BCUT2D eigenvalue weighted by atomic mass is 9.48. The molecule has 4 nitrogen and oxygen atoms in total. The molecule has 0 radical (unpaired) electrons. The monoisotopic (exact) mass is 346 g/mol. The Bertz CT molecular complexity index is 580. The van der Waals surface area contributed by atoms with Gasteiger partial charge in [0.1, 0.15) is 0 Å². The van der Waals surface area contributed by atoms with Crippen molar-refractivity contribution in [3.63, 3.8) is 0 Å². The number of rotatable bonds is 5. The molecule has 5 heteroatoms. The zero-order chi connectivity index (χ0) is 18.1. The molecule has 2 aliphatic rings. The van der Waals surface area contributed by atoms with Gasteiger partial charge in [-0.3, -0.25) is 0 Å². The lowest BCUT2D eigenvalue weighted by molar-refractivity contribution is 0.00578. The van der Waals surface area contributed by atoms with Gasteiger partial charge in [-0.25, -0.2) is 0 Å². The maximum atomic E-state index is 6.68. The van der Waals surface area contributed by atoms with Crippen molar-refractivity contribution in [2.75, 3.05) is 31.2 Å². The molecule has 0 atom stereocenters. The van der Waals surface area contributed by atoms with Crippen LogP contribution in [0.1, 0.15) is 47.5 Å². The van der Waals surface area contributed by atoms with E-state index in [1.807, 2.05) is 0 Å². The van der Waals surface area contributed by atoms with Crippen LogP contribution in [-0.4, -0.2) is 44.1 Å². The summed E-state index contributed by atoms with van der Waals surface area (Å²) in [5.41, 5.74) is 1.81. The molecule has 2 fully saturated rings. The summed E-state index contributed by atoms with van der Waals surface area (Å²) in [6.07, 6.45) is 3.18. The van der Waals surface area contributed by atoms with Crippen LogP contribution >= 0.6 is 0 Å². The molecule has 0 amide bonds. The van der Waals surface area contributed by atoms with Crippen molar-refractivity contribution in [2.24, 2.45) is 0 Å². The van der Waals surface area contributed by atoms with Gasteiger partial charge in [-0.1, -0.05) is 38.0 Å². The van der Waals surface area contributed by atoms with Gasteiger partial charge in [0.15, 0.2) is 0 Å². The molecule has 1 aromatic rings. The topological polar surface area (TPSA) is 30.9 Å². The fraction of sp³-hybridized carbons (Fsp3) is 0.700. The van der Waals surface area contributed by atoms with Crippen molar-refractivity contribution >= 4 is 17.7 Å².